The largest absolute Gasteiger partial charge is 0.310 e. The van der Waals surface area contributed by atoms with E-state index in [0.29, 0.717) is 18.7 Å². The number of para-hydroxylation sites is 1. The average Bonchev–Trinajstić information content (AvgIpc) is 2.70. The van der Waals surface area contributed by atoms with Crippen molar-refractivity contribution in [2.45, 2.75) is 26.3 Å². The highest BCUT2D eigenvalue weighted by Crippen LogP contribution is 2.27. The van der Waals surface area contributed by atoms with Crippen LogP contribution in [0.3, 0.4) is 0 Å². The van der Waals surface area contributed by atoms with Crippen molar-refractivity contribution in [2.24, 2.45) is 0 Å². The molecule has 0 saturated heterocycles. The van der Waals surface area contributed by atoms with E-state index < -0.39 is 0 Å². The van der Waals surface area contributed by atoms with Gasteiger partial charge in [0.2, 0.25) is 0 Å². The number of benzene rings is 2. The van der Waals surface area contributed by atoms with Gasteiger partial charge in [0.1, 0.15) is 0 Å². The Kier molecular flexibility index (Phi) is 4.63. The molecule has 4 heteroatoms. The van der Waals surface area contributed by atoms with Crippen LogP contribution in [0.4, 0.5) is 5.69 Å². The van der Waals surface area contributed by atoms with Gasteiger partial charge in [0, 0.05) is 24.5 Å². The second-order valence-corrected chi connectivity index (χ2v) is 7.06. The van der Waals surface area contributed by atoms with Crippen molar-refractivity contribution < 1.29 is 4.79 Å². The molecule has 0 saturated carbocycles. The molecule has 3 aromatic rings. The number of amides is 1. The fraction of sp³-hybridized carbons (Fsp3) is 0.217. The molecule has 4 nitrogen and oxygen atoms in total. The SMILES string of the molecule is Cc1ccc(Cn2cc(C(=O)N3CCCc4ccccc43)ccc2=O)cc1. The maximum Gasteiger partial charge on any atom is 0.259 e. The molecule has 2 heterocycles. The van der Waals surface area contributed by atoms with Gasteiger partial charge in [-0.25, -0.2) is 0 Å². The van der Waals surface area contributed by atoms with Crippen LogP contribution in [0.2, 0.25) is 0 Å². The zero-order chi connectivity index (χ0) is 18.8. The molecule has 1 aromatic heterocycles. The van der Waals surface area contributed by atoms with Crippen molar-refractivity contribution in [3.63, 3.8) is 0 Å². The van der Waals surface area contributed by atoms with Crippen molar-refractivity contribution in [3.05, 3.63) is 99.5 Å². The summed E-state index contributed by atoms with van der Waals surface area (Å²) in [7, 11) is 0. The molecule has 0 unspecified atom stereocenters. The van der Waals surface area contributed by atoms with Gasteiger partial charge in [-0.05, 0) is 43.0 Å². The Balaban J connectivity index is 1.64. The number of hydrogen-bond donors (Lipinski definition) is 0. The Bertz CT molecular complexity index is 1030. The quantitative estimate of drug-likeness (QED) is 0.715. The third-order valence-corrected chi connectivity index (χ3v) is 5.06. The first-order chi connectivity index (χ1) is 13.1. The zero-order valence-electron chi connectivity index (χ0n) is 15.4. The molecule has 0 aliphatic carbocycles. The van der Waals surface area contributed by atoms with E-state index in [4.69, 9.17) is 0 Å². The maximum atomic E-state index is 13.1. The molecule has 0 bridgehead atoms. The van der Waals surface area contributed by atoms with Crippen LogP contribution in [-0.4, -0.2) is 17.0 Å². The highest BCUT2D eigenvalue weighted by atomic mass is 16.2. The molecule has 27 heavy (non-hydrogen) atoms. The first kappa shape index (κ1) is 17.3. The van der Waals surface area contributed by atoms with Gasteiger partial charge in [-0.1, -0.05) is 48.0 Å². The number of carbonyl (C=O) groups is 1. The molecule has 1 amide bonds. The Morgan fingerprint density at radius 3 is 2.59 bits per heavy atom. The van der Waals surface area contributed by atoms with Crippen molar-refractivity contribution in [1.29, 1.82) is 0 Å². The third-order valence-electron chi connectivity index (χ3n) is 5.06. The lowest BCUT2D eigenvalue weighted by molar-refractivity contribution is 0.0984. The van der Waals surface area contributed by atoms with Crippen LogP contribution in [0.15, 0.2) is 71.7 Å². The van der Waals surface area contributed by atoms with Crippen molar-refractivity contribution in [2.75, 3.05) is 11.4 Å². The lowest BCUT2D eigenvalue weighted by atomic mass is 10.0. The van der Waals surface area contributed by atoms with Crippen molar-refractivity contribution >= 4 is 11.6 Å². The normalized spacial score (nSPS) is 13.3. The fourth-order valence-corrected chi connectivity index (χ4v) is 3.57. The summed E-state index contributed by atoms with van der Waals surface area (Å²) >= 11 is 0. The summed E-state index contributed by atoms with van der Waals surface area (Å²) in [5.41, 5.74) is 4.83. The summed E-state index contributed by atoms with van der Waals surface area (Å²) in [4.78, 5) is 27.2. The van der Waals surface area contributed by atoms with E-state index in [1.165, 1.54) is 17.2 Å². The number of pyridine rings is 1. The lowest BCUT2D eigenvalue weighted by Crippen LogP contribution is -2.36. The van der Waals surface area contributed by atoms with Gasteiger partial charge < -0.3 is 9.47 Å². The van der Waals surface area contributed by atoms with E-state index in [0.717, 1.165) is 24.1 Å². The van der Waals surface area contributed by atoms with Crippen LogP contribution in [0, 0.1) is 6.92 Å². The van der Waals surface area contributed by atoms with Crippen LogP contribution in [0.1, 0.15) is 33.5 Å². The van der Waals surface area contributed by atoms with E-state index in [2.05, 4.69) is 6.07 Å². The van der Waals surface area contributed by atoms with Crippen LogP contribution in [0.5, 0.6) is 0 Å². The number of aryl methyl sites for hydroxylation is 2. The van der Waals surface area contributed by atoms with E-state index in [1.54, 1.807) is 16.8 Å². The van der Waals surface area contributed by atoms with Gasteiger partial charge in [-0.3, -0.25) is 9.59 Å². The summed E-state index contributed by atoms with van der Waals surface area (Å²) in [6, 6.07) is 19.2. The highest BCUT2D eigenvalue weighted by molar-refractivity contribution is 6.06. The van der Waals surface area contributed by atoms with E-state index in [-0.39, 0.29) is 11.5 Å². The Morgan fingerprint density at radius 1 is 1.00 bits per heavy atom. The molecule has 0 radical (unpaired) electrons. The minimum Gasteiger partial charge on any atom is -0.310 e. The molecule has 0 fully saturated rings. The van der Waals surface area contributed by atoms with Crippen LogP contribution in [0.25, 0.3) is 0 Å². The number of fused-ring (bicyclic) bond motifs is 1. The predicted molar refractivity (Wildman–Crippen MR) is 107 cm³/mol. The number of aromatic nitrogens is 1. The summed E-state index contributed by atoms with van der Waals surface area (Å²) in [6.45, 7) is 3.19. The number of hydrogen-bond acceptors (Lipinski definition) is 2. The molecule has 1 aliphatic heterocycles. The van der Waals surface area contributed by atoms with Gasteiger partial charge in [-0.2, -0.15) is 0 Å². The zero-order valence-corrected chi connectivity index (χ0v) is 15.4. The molecule has 0 N–H and O–H groups in total. The minimum atomic E-state index is -0.105. The van der Waals surface area contributed by atoms with Crippen LogP contribution >= 0.6 is 0 Å². The summed E-state index contributed by atoms with van der Waals surface area (Å²) in [5.74, 6) is -0.0557. The maximum absolute atomic E-state index is 13.1. The average molecular weight is 358 g/mol. The Morgan fingerprint density at radius 2 is 1.78 bits per heavy atom. The lowest BCUT2D eigenvalue weighted by Gasteiger charge is -2.29. The first-order valence-electron chi connectivity index (χ1n) is 9.27. The monoisotopic (exact) mass is 358 g/mol. The van der Waals surface area contributed by atoms with Gasteiger partial charge in [0.25, 0.3) is 11.5 Å². The van der Waals surface area contributed by atoms with E-state index in [9.17, 15) is 9.59 Å². The fourth-order valence-electron chi connectivity index (χ4n) is 3.57. The molecule has 1 aliphatic rings. The third kappa shape index (κ3) is 3.56. The summed E-state index contributed by atoms with van der Waals surface area (Å²) in [6.07, 6.45) is 3.63. The molecular weight excluding hydrogens is 336 g/mol. The highest BCUT2D eigenvalue weighted by Gasteiger charge is 2.23. The summed E-state index contributed by atoms with van der Waals surface area (Å²) in [5, 5.41) is 0. The van der Waals surface area contributed by atoms with E-state index in [1.807, 2.05) is 54.3 Å². The van der Waals surface area contributed by atoms with Crippen LogP contribution in [-0.2, 0) is 13.0 Å². The molecule has 136 valence electrons. The molecule has 0 spiro atoms. The van der Waals surface area contributed by atoms with Crippen LogP contribution < -0.4 is 10.5 Å². The summed E-state index contributed by atoms with van der Waals surface area (Å²) < 4.78 is 1.60. The number of nitrogens with zero attached hydrogens (tertiary/aromatic N) is 2. The van der Waals surface area contributed by atoms with Gasteiger partial charge >= 0.3 is 0 Å². The van der Waals surface area contributed by atoms with Gasteiger partial charge in [0.15, 0.2) is 0 Å². The number of rotatable bonds is 3. The van der Waals surface area contributed by atoms with Gasteiger partial charge in [-0.15, -0.1) is 0 Å². The standard InChI is InChI=1S/C23H22N2O2/c1-17-8-10-18(11-9-17)15-24-16-20(12-13-22(24)26)23(27)25-14-4-6-19-5-2-3-7-21(19)25/h2-3,5,7-13,16H,4,6,14-15H2,1H3. The Labute approximate surface area is 158 Å². The second-order valence-electron chi connectivity index (χ2n) is 7.06. The second kappa shape index (κ2) is 7.23. The number of anilines is 1. The number of carbonyl (C=O) groups excluding carboxylic acids is 1. The van der Waals surface area contributed by atoms with Gasteiger partial charge in [0.05, 0.1) is 12.1 Å². The van der Waals surface area contributed by atoms with E-state index >= 15 is 0 Å². The minimum absolute atomic E-state index is 0.0557. The molecule has 2 aromatic carbocycles. The molecular formula is C23H22N2O2. The molecule has 4 rings (SSSR count). The predicted octanol–water partition coefficient (Wildman–Crippen LogP) is 3.80. The first-order valence-corrected chi connectivity index (χ1v) is 9.27. The Hall–Kier alpha value is -3.14. The molecule has 0 atom stereocenters. The smallest absolute Gasteiger partial charge is 0.259 e. The van der Waals surface area contributed by atoms with Crippen molar-refractivity contribution in [3.8, 4) is 0 Å². The topological polar surface area (TPSA) is 42.3 Å². The van der Waals surface area contributed by atoms with Crippen molar-refractivity contribution in [1.82, 2.24) is 4.57 Å².